The molecule has 0 bridgehead atoms. The van der Waals surface area contributed by atoms with Gasteiger partial charge in [-0.2, -0.15) is 0 Å². The largest absolute Gasteiger partial charge is 0.312 e. The first-order chi connectivity index (χ1) is 9.01. The minimum absolute atomic E-state index is 0.719. The predicted octanol–water partition coefficient (Wildman–Crippen LogP) is 3.77. The number of hydrogen-bond donors (Lipinski definition) is 1. The normalized spacial score (nSPS) is 25.4. The topological polar surface area (TPSA) is 15.3 Å². The number of nitrogens with one attached hydrogen (secondary N) is 1. The molecule has 1 aliphatic heterocycles. The molecule has 1 saturated heterocycles. The van der Waals surface area contributed by atoms with Crippen LogP contribution in [0.3, 0.4) is 0 Å². The highest BCUT2D eigenvalue weighted by atomic mass is 15.2. The van der Waals surface area contributed by atoms with Crippen molar-refractivity contribution in [1.82, 2.24) is 10.2 Å². The van der Waals surface area contributed by atoms with Crippen molar-refractivity contribution in [1.29, 1.82) is 0 Å². The SMILES string of the molecule is CCCCC1CC(NCC(C)C)CN(CC(C)C)C1. The van der Waals surface area contributed by atoms with Gasteiger partial charge in [0.1, 0.15) is 0 Å². The number of unbranched alkanes of at least 4 members (excludes halogenated alkanes) is 1. The van der Waals surface area contributed by atoms with Gasteiger partial charge < -0.3 is 10.2 Å². The molecule has 2 atom stereocenters. The van der Waals surface area contributed by atoms with Gasteiger partial charge in [-0.05, 0) is 37.1 Å². The number of nitrogens with zero attached hydrogens (tertiary/aromatic N) is 1. The van der Waals surface area contributed by atoms with Crippen LogP contribution in [-0.4, -0.2) is 37.1 Å². The van der Waals surface area contributed by atoms with E-state index in [0.717, 1.165) is 23.8 Å². The van der Waals surface area contributed by atoms with Crippen molar-refractivity contribution in [2.45, 2.75) is 66.3 Å². The average molecular weight is 268 g/mol. The van der Waals surface area contributed by atoms with E-state index in [0.29, 0.717) is 0 Å². The van der Waals surface area contributed by atoms with Gasteiger partial charge in [0.15, 0.2) is 0 Å². The van der Waals surface area contributed by atoms with E-state index in [1.807, 2.05) is 0 Å². The Morgan fingerprint density at radius 2 is 1.84 bits per heavy atom. The molecule has 2 heteroatoms. The molecule has 2 nitrogen and oxygen atoms in total. The Kier molecular flexibility index (Phi) is 8.01. The van der Waals surface area contributed by atoms with E-state index in [9.17, 15) is 0 Å². The quantitative estimate of drug-likeness (QED) is 0.721. The van der Waals surface area contributed by atoms with Gasteiger partial charge in [0, 0.05) is 25.7 Å². The van der Waals surface area contributed by atoms with Crippen LogP contribution in [0.1, 0.15) is 60.3 Å². The summed E-state index contributed by atoms with van der Waals surface area (Å²) in [5.74, 6) is 2.46. The molecule has 2 unspecified atom stereocenters. The Labute approximate surface area is 121 Å². The maximum Gasteiger partial charge on any atom is 0.0198 e. The second kappa shape index (κ2) is 8.97. The Balaban J connectivity index is 2.45. The summed E-state index contributed by atoms with van der Waals surface area (Å²) >= 11 is 0. The summed E-state index contributed by atoms with van der Waals surface area (Å²) in [7, 11) is 0. The summed E-state index contributed by atoms with van der Waals surface area (Å²) < 4.78 is 0. The smallest absolute Gasteiger partial charge is 0.0198 e. The minimum Gasteiger partial charge on any atom is -0.312 e. The van der Waals surface area contributed by atoms with Gasteiger partial charge in [0.25, 0.3) is 0 Å². The second-order valence-corrected chi connectivity index (χ2v) is 7.36. The van der Waals surface area contributed by atoms with Crippen molar-refractivity contribution in [2.24, 2.45) is 17.8 Å². The zero-order valence-corrected chi connectivity index (χ0v) is 13.9. The molecule has 0 aromatic carbocycles. The molecule has 0 radical (unpaired) electrons. The fraction of sp³-hybridized carbons (Fsp3) is 1.00. The molecule has 0 aliphatic carbocycles. The van der Waals surface area contributed by atoms with Crippen LogP contribution < -0.4 is 5.32 Å². The summed E-state index contributed by atoms with van der Waals surface area (Å²) in [5, 5.41) is 3.79. The molecule has 1 rings (SSSR count). The number of piperidine rings is 1. The molecule has 0 aromatic rings. The van der Waals surface area contributed by atoms with Crippen molar-refractivity contribution in [2.75, 3.05) is 26.2 Å². The lowest BCUT2D eigenvalue weighted by atomic mass is 9.89. The van der Waals surface area contributed by atoms with Crippen LogP contribution in [0.5, 0.6) is 0 Å². The molecule has 0 saturated carbocycles. The molecule has 0 spiro atoms. The molecule has 1 aliphatic rings. The van der Waals surface area contributed by atoms with E-state index < -0.39 is 0 Å². The first kappa shape index (κ1) is 17.0. The first-order valence-corrected chi connectivity index (χ1v) is 8.47. The molecule has 1 fully saturated rings. The monoisotopic (exact) mass is 268 g/mol. The van der Waals surface area contributed by atoms with E-state index in [2.05, 4.69) is 44.8 Å². The second-order valence-electron chi connectivity index (χ2n) is 7.36. The zero-order chi connectivity index (χ0) is 14.3. The Morgan fingerprint density at radius 1 is 1.11 bits per heavy atom. The zero-order valence-electron chi connectivity index (χ0n) is 13.9. The number of likely N-dealkylation sites (tertiary alicyclic amines) is 1. The lowest BCUT2D eigenvalue weighted by Gasteiger charge is -2.39. The molecule has 114 valence electrons. The Bertz CT molecular complexity index is 225. The summed E-state index contributed by atoms with van der Waals surface area (Å²) in [6, 6.07) is 0.719. The van der Waals surface area contributed by atoms with Crippen LogP contribution in [0.25, 0.3) is 0 Å². The molecule has 19 heavy (non-hydrogen) atoms. The lowest BCUT2D eigenvalue weighted by Crippen LogP contribution is -2.50. The summed E-state index contributed by atoms with van der Waals surface area (Å²) in [6.07, 6.45) is 5.55. The average Bonchev–Trinajstić information content (AvgIpc) is 2.33. The van der Waals surface area contributed by atoms with Crippen LogP contribution >= 0.6 is 0 Å². The highest BCUT2D eigenvalue weighted by molar-refractivity contribution is 4.84. The maximum absolute atomic E-state index is 3.79. The molecular formula is C17H36N2. The third-order valence-electron chi connectivity index (χ3n) is 4.02. The summed E-state index contributed by atoms with van der Waals surface area (Å²) in [6.45, 7) is 16.6. The van der Waals surface area contributed by atoms with E-state index in [4.69, 9.17) is 0 Å². The van der Waals surface area contributed by atoms with Crippen LogP contribution in [-0.2, 0) is 0 Å². The van der Waals surface area contributed by atoms with Gasteiger partial charge in [-0.15, -0.1) is 0 Å². The third-order valence-corrected chi connectivity index (χ3v) is 4.02. The fourth-order valence-electron chi connectivity index (χ4n) is 3.22. The van der Waals surface area contributed by atoms with Gasteiger partial charge in [0.2, 0.25) is 0 Å². The van der Waals surface area contributed by atoms with Gasteiger partial charge >= 0.3 is 0 Å². The molecule has 0 amide bonds. The summed E-state index contributed by atoms with van der Waals surface area (Å²) in [5.41, 5.74) is 0. The van der Waals surface area contributed by atoms with Crippen molar-refractivity contribution in [3.63, 3.8) is 0 Å². The lowest BCUT2D eigenvalue weighted by molar-refractivity contribution is 0.121. The molecule has 1 N–H and O–H groups in total. The van der Waals surface area contributed by atoms with Gasteiger partial charge in [0.05, 0.1) is 0 Å². The highest BCUT2D eigenvalue weighted by Gasteiger charge is 2.26. The van der Waals surface area contributed by atoms with Crippen LogP contribution in [0.15, 0.2) is 0 Å². The van der Waals surface area contributed by atoms with Gasteiger partial charge in [-0.25, -0.2) is 0 Å². The molecular weight excluding hydrogens is 232 g/mol. The van der Waals surface area contributed by atoms with Crippen molar-refractivity contribution in [3.8, 4) is 0 Å². The summed E-state index contributed by atoms with van der Waals surface area (Å²) in [4.78, 5) is 2.70. The maximum atomic E-state index is 3.79. The fourth-order valence-corrected chi connectivity index (χ4v) is 3.22. The first-order valence-electron chi connectivity index (χ1n) is 8.47. The minimum atomic E-state index is 0.719. The van der Waals surface area contributed by atoms with Gasteiger partial charge in [-0.1, -0.05) is 47.5 Å². The Morgan fingerprint density at radius 3 is 2.42 bits per heavy atom. The molecule has 1 heterocycles. The highest BCUT2D eigenvalue weighted by Crippen LogP contribution is 2.23. The van der Waals surface area contributed by atoms with Crippen molar-refractivity contribution >= 4 is 0 Å². The standard InChI is InChI=1S/C17H36N2/c1-6-7-8-16-9-17(18-10-14(2)3)13-19(12-16)11-15(4)5/h14-18H,6-13H2,1-5H3. The van der Waals surface area contributed by atoms with E-state index in [1.165, 1.54) is 51.9 Å². The number of rotatable bonds is 8. The third kappa shape index (κ3) is 7.31. The van der Waals surface area contributed by atoms with Crippen LogP contribution in [0, 0.1) is 17.8 Å². The van der Waals surface area contributed by atoms with Crippen LogP contribution in [0.4, 0.5) is 0 Å². The van der Waals surface area contributed by atoms with E-state index in [1.54, 1.807) is 0 Å². The predicted molar refractivity (Wildman–Crippen MR) is 85.5 cm³/mol. The molecule has 0 aromatic heterocycles. The van der Waals surface area contributed by atoms with Crippen molar-refractivity contribution < 1.29 is 0 Å². The Hall–Kier alpha value is -0.0800. The van der Waals surface area contributed by atoms with Crippen LogP contribution in [0.2, 0.25) is 0 Å². The van der Waals surface area contributed by atoms with E-state index in [-0.39, 0.29) is 0 Å². The van der Waals surface area contributed by atoms with Crippen molar-refractivity contribution in [3.05, 3.63) is 0 Å². The van der Waals surface area contributed by atoms with Gasteiger partial charge in [-0.3, -0.25) is 0 Å². The van der Waals surface area contributed by atoms with E-state index >= 15 is 0 Å². The number of hydrogen-bond acceptors (Lipinski definition) is 2.